The molecule has 0 heterocycles. The molecule has 0 saturated carbocycles. The summed E-state index contributed by atoms with van der Waals surface area (Å²) in [5, 5.41) is 2.71. The number of hydrogen-bond acceptors (Lipinski definition) is 2. The largest absolute Gasteiger partial charge is 0.351 e. The summed E-state index contributed by atoms with van der Waals surface area (Å²) in [6, 6.07) is 8.07. The Morgan fingerprint density at radius 1 is 1.43 bits per heavy atom. The zero-order chi connectivity index (χ0) is 10.4. The highest BCUT2D eigenvalue weighted by atomic mass is 35.5. The molecule has 1 rings (SSSR count). The summed E-state index contributed by atoms with van der Waals surface area (Å²) < 4.78 is 0. The molecule has 0 fully saturated rings. The standard InChI is InChI=1S/C10H12ClNOS/c1-14-9-4-2-8(3-5-9)7-12-10(13)6-11/h2-5H,6-7H2,1H3,(H,12,13). The third-order valence-electron chi connectivity index (χ3n) is 1.77. The summed E-state index contributed by atoms with van der Waals surface area (Å²) in [7, 11) is 0. The Labute approximate surface area is 93.0 Å². The molecule has 1 aromatic carbocycles. The van der Waals surface area contributed by atoms with Gasteiger partial charge in [-0.15, -0.1) is 23.4 Å². The molecule has 0 atom stereocenters. The predicted molar refractivity (Wildman–Crippen MR) is 60.8 cm³/mol. The molecule has 76 valence electrons. The number of nitrogens with one attached hydrogen (secondary N) is 1. The van der Waals surface area contributed by atoms with Gasteiger partial charge in [0.15, 0.2) is 0 Å². The van der Waals surface area contributed by atoms with Crippen LogP contribution in [0.2, 0.25) is 0 Å². The monoisotopic (exact) mass is 229 g/mol. The normalized spacial score (nSPS) is 9.86. The maximum atomic E-state index is 10.9. The molecule has 1 N–H and O–H groups in total. The number of alkyl halides is 1. The average Bonchev–Trinajstić information content (AvgIpc) is 2.26. The molecule has 0 spiro atoms. The zero-order valence-corrected chi connectivity index (χ0v) is 9.49. The number of rotatable bonds is 4. The fraction of sp³-hybridized carbons (Fsp3) is 0.300. The van der Waals surface area contributed by atoms with Crippen LogP contribution in [0.3, 0.4) is 0 Å². The maximum absolute atomic E-state index is 10.9. The first-order valence-electron chi connectivity index (χ1n) is 4.22. The van der Waals surface area contributed by atoms with Crippen LogP contribution in [-0.2, 0) is 11.3 Å². The number of amides is 1. The van der Waals surface area contributed by atoms with Crippen LogP contribution in [0.25, 0.3) is 0 Å². The van der Waals surface area contributed by atoms with Crippen molar-refractivity contribution < 1.29 is 4.79 Å². The van der Waals surface area contributed by atoms with Crippen LogP contribution < -0.4 is 5.32 Å². The van der Waals surface area contributed by atoms with Crippen molar-refractivity contribution in [1.29, 1.82) is 0 Å². The van der Waals surface area contributed by atoms with E-state index in [1.165, 1.54) is 4.90 Å². The second-order valence-electron chi connectivity index (χ2n) is 2.76. The maximum Gasteiger partial charge on any atom is 0.235 e. The van der Waals surface area contributed by atoms with Crippen molar-refractivity contribution in [3.8, 4) is 0 Å². The van der Waals surface area contributed by atoms with Crippen LogP contribution >= 0.6 is 23.4 Å². The second kappa shape index (κ2) is 5.94. The summed E-state index contributed by atoms with van der Waals surface area (Å²) in [6.07, 6.45) is 2.03. The van der Waals surface area contributed by atoms with Gasteiger partial charge in [0.05, 0.1) is 0 Å². The van der Waals surface area contributed by atoms with Gasteiger partial charge in [-0.05, 0) is 24.0 Å². The minimum atomic E-state index is -0.138. The van der Waals surface area contributed by atoms with E-state index >= 15 is 0 Å². The van der Waals surface area contributed by atoms with Crippen molar-refractivity contribution >= 4 is 29.3 Å². The number of halogens is 1. The Morgan fingerprint density at radius 3 is 2.57 bits per heavy atom. The molecule has 0 radical (unpaired) electrons. The number of thioether (sulfide) groups is 1. The molecule has 0 unspecified atom stereocenters. The number of carbonyl (C=O) groups excluding carboxylic acids is 1. The highest BCUT2D eigenvalue weighted by Crippen LogP contribution is 2.14. The molecule has 0 aliphatic heterocycles. The van der Waals surface area contributed by atoms with Gasteiger partial charge in [-0.1, -0.05) is 12.1 Å². The molecular weight excluding hydrogens is 218 g/mol. The van der Waals surface area contributed by atoms with Gasteiger partial charge in [-0.2, -0.15) is 0 Å². The molecule has 0 aromatic heterocycles. The van der Waals surface area contributed by atoms with Crippen LogP contribution in [0.4, 0.5) is 0 Å². The minimum Gasteiger partial charge on any atom is -0.351 e. The quantitative estimate of drug-likeness (QED) is 0.634. The van der Waals surface area contributed by atoms with Crippen LogP contribution in [-0.4, -0.2) is 18.0 Å². The zero-order valence-electron chi connectivity index (χ0n) is 7.92. The number of hydrogen-bond donors (Lipinski definition) is 1. The summed E-state index contributed by atoms with van der Waals surface area (Å²) in [6.45, 7) is 0.542. The van der Waals surface area contributed by atoms with Gasteiger partial charge in [0.25, 0.3) is 0 Å². The first kappa shape index (κ1) is 11.4. The number of carbonyl (C=O) groups is 1. The molecule has 0 aliphatic rings. The van der Waals surface area contributed by atoms with Crippen molar-refractivity contribution in [2.75, 3.05) is 12.1 Å². The molecule has 0 aliphatic carbocycles. The van der Waals surface area contributed by atoms with E-state index in [-0.39, 0.29) is 11.8 Å². The Balaban J connectivity index is 2.47. The van der Waals surface area contributed by atoms with Crippen molar-refractivity contribution in [3.05, 3.63) is 29.8 Å². The molecule has 0 saturated heterocycles. The van der Waals surface area contributed by atoms with Crippen LogP contribution in [0, 0.1) is 0 Å². The van der Waals surface area contributed by atoms with Gasteiger partial charge >= 0.3 is 0 Å². The van der Waals surface area contributed by atoms with E-state index in [4.69, 9.17) is 11.6 Å². The molecule has 4 heteroatoms. The fourth-order valence-electron chi connectivity index (χ4n) is 0.991. The third-order valence-corrected chi connectivity index (χ3v) is 2.76. The number of benzene rings is 1. The molecule has 1 amide bonds. The fourth-order valence-corrected chi connectivity index (χ4v) is 1.49. The predicted octanol–water partition coefficient (Wildman–Crippen LogP) is 2.26. The van der Waals surface area contributed by atoms with Crippen LogP contribution in [0.15, 0.2) is 29.2 Å². The molecule has 0 bridgehead atoms. The van der Waals surface area contributed by atoms with E-state index in [0.717, 1.165) is 5.56 Å². The lowest BCUT2D eigenvalue weighted by Gasteiger charge is -2.03. The first-order chi connectivity index (χ1) is 6.76. The van der Waals surface area contributed by atoms with Gasteiger partial charge in [0, 0.05) is 11.4 Å². The Hall–Kier alpha value is -0.670. The molecule has 1 aromatic rings. The average molecular weight is 230 g/mol. The molecule has 14 heavy (non-hydrogen) atoms. The minimum absolute atomic E-state index is 0.0168. The smallest absolute Gasteiger partial charge is 0.235 e. The molecule has 2 nitrogen and oxygen atoms in total. The lowest BCUT2D eigenvalue weighted by atomic mass is 10.2. The molecular formula is C10H12ClNOS. The van der Waals surface area contributed by atoms with Gasteiger partial charge in [0.1, 0.15) is 5.88 Å². The summed E-state index contributed by atoms with van der Waals surface area (Å²) in [5.41, 5.74) is 1.08. The Bertz CT molecular complexity index is 299. The van der Waals surface area contributed by atoms with Crippen LogP contribution in [0.1, 0.15) is 5.56 Å². The Kier molecular flexibility index (Phi) is 4.84. The van der Waals surface area contributed by atoms with Crippen molar-refractivity contribution in [3.63, 3.8) is 0 Å². The second-order valence-corrected chi connectivity index (χ2v) is 3.91. The summed E-state index contributed by atoms with van der Waals surface area (Å²) in [5.74, 6) is -0.122. The van der Waals surface area contributed by atoms with E-state index < -0.39 is 0 Å². The lowest BCUT2D eigenvalue weighted by molar-refractivity contribution is -0.118. The van der Waals surface area contributed by atoms with Gasteiger partial charge in [-0.3, -0.25) is 4.79 Å². The SMILES string of the molecule is CSc1ccc(CNC(=O)CCl)cc1. The van der Waals surface area contributed by atoms with Crippen LogP contribution in [0.5, 0.6) is 0 Å². The van der Waals surface area contributed by atoms with E-state index in [1.807, 2.05) is 30.5 Å². The summed E-state index contributed by atoms with van der Waals surface area (Å²) in [4.78, 5) is 12.1. The Morgan fingerprint density at radius 2 is 2.07 bits per heavy atom. The third kappa shape index (κ3) is 3.60. The van der Waals surface area contributed by atoms with Crippen molar-refractivity contribution in [2.45, 2.75) is 11.4 Å². The van der Waals surface area contributed by atoms with Gasteiger partial charge < -0.3 is 5.32 Å². The highest BCUT2D eigenvalue weighted by molar-refractivity contribution is 7.98. The van der Waals surface area contributed by atoms with Crippen molar-refractivity contribution in [2.24, 2.45) is 0 Å². The highest BCUT2D eigenvalue weighted by Gasteiger charge is 1.98. The van der Waals surface area contributed by atoms with E-state index in [2.05, 4.69) is 5.32 Å². The topological polar surface area (TPSA) is 29.1 Å². The van der Waals surface area contributed by atoms with E-state index in [0.29, 0.717) is 6.54 Å². The van der Waals surface area contributed by atoms with E-state index in [1.54, 1.807) is 11.8 Å². The lowest BCUT2D eigenvalue weighted by Crippen LogP contribution is -2.23. The summed E-state index contributed by atoms with van der Waals surface area (Å²) >= 11 is 7.05. The first-order valence-corrected chi connectivity index (χ1v) is 5.98. The van der Waals surface area contributed by atoms with Gasteiger partial charge in [0.2, 0.25) is 5.91 Å². The van der Waals surface area contributed by atoms with Gasteiger partial charge in [-0.25, -0.2) is 0 Å². The van der Waals surface area contributed by atoms with Crippen molar-refractivity contribution in [1.82, 2.24) is 5.32 Å². The van der Waals surface area contributed by atoms with E-state index in [9.17, 15) is 4.79 Å².